The molecular formula is C19H26N2O3. The number of nitrogens with one attached hydrogen (secondary N) is 1. The van der Waals surface area contributed by atoms with Crippen molar-refractivity contribution in [3.63, 3.8) is 0 Å². The molecule has 1 amide bonds. The number of hydrogen-bond acceptors (Lipinski definition) is 4. The van der Waals surface area contributed by atoms with Gasteiger partial charge in [0.15, 0.2) is 5.76 Å². The zero-order valence-electron chi connectivity index (χ0n) is 14.7. The molecule has 1 aromatic heterocycles. The number of likely N-dealkylation sites (N-methyl/N-ethyl adjacent to an activating group) is 1. The lowest BCUT2D eigenvalue weighted by Gasteiger charge is -2.17. The van der Waals surface area contributed by atoms with Gasteiger partial charge in [-0.25, -0.2) is 0 Å². The highest BCUT2D eigenvalue weighted by Gasteiger charge is 2.11. The molecule has 5 heteroatoms. The van der Waals surface area contributed by atoms with Crippen LogP contribution in [0.1, 0.15) is 35.7 Å². The third-order valence-electron chi connectivity index (χ3n) is 3.86. The summed E-state index contributed by atoms with van der Waals surface area (Å²) >= 11 is 0. The summed E-state index contributed by atoms with van der Waals surface area (Å²) in [5.74, 6) is 1.54. The maximum absolute atomic E-state index is 12.1. The van der Waals surface area contributed by atoms with E-state index < -0.39 is 0 Å². The van der Waals surface area contributed by atoms with Crippen LogP contribution in [-0.4, -0.2) is 37.0 Å². The first-order chi connectivity index (χ1) is 11.6. The molecule has 0 saturated heterocycles. The second kappa shape index (κ2) is 9.13. The van der Waals surface area contributed by atoms with Gasteiger partial charge in [-0.2, -0.15) is 0 Å². The highest BCUT2D eigenvalue weighted by Crippen LogP contribution is 2.15. The molecular weight excluding hydrogens is 304 g/mol. The Hall–Kier alpha value is -2.27. The van der Waals surface area contributed by atoms with Crippen LogP contribution in [-0.2, 0) is 6.61 Å². The summed E-state index contributed by atoms with van der Waals surface area (Å²) in [5, 5.41) is 2.88. The van der Waals surface area contributed by atoms with Crippen molar-refractivity contribution in [1.29, 1.82) is 0 Å². The van der Waals surface area contributed by atoms with E-state index in [9.17, 15) is 4.79 Å². The van der Waals surface area contributed by atoms with Crippen LogP contribution in [0, 0.1) is 6.92 Å². The first-order valence-electron chi connectivity index (χ1n) is 8.41. The Bertz CT molecular complexity index is 648. The number of aryl methyl sites for hydroxylation is 1. The van der Waals surface area contributed by atoms with Crippen LogP contribution in [0.5, 0.6) is 5.75 Å². The number of amides is 1. The molecule has 0 aliphatic carbocycles. The largest absolute Gasteiger partial charge is 0.486 e. The van der Waals surface area contributed by atoms with E-state index in [0.29, 0.717) is 24.7 Å². The smallest absolute Gasteiger partial charge is 0.287 e. The Morgan fingerprint density at radius 1 is 1.21 bits per heavy atom. The summed E-state index contributed by atoms with van der Waals surface area (Å²) in [4.78, 5) is 14.3. The molecule has 0 bridgehead atoms. The van der Waals surface area contributed by atoms with E-state index in [0.717, 1.165) is 30.9 Å². The van der Waals surface area contributed by atoms with Crippen molar-refractivity contribution in [3.8, 4) is 5.75 Å². The third kappa shape index (κ3) is 5.42. The van der Waals surface area contributed by atoms with E-state index in [1.807, 2.05) is 31.2 Å². The molecule has 0 radical (unpaired) electrons. The topological polar surface area (TPSA) is 54.7 Å². The zero-order chi connectivity index (χ0) is 17.4. The predicted octanol–water partition coefficient (Wildman–Crippen LogP) is 3.24. The van der Waals surface area contributed by atoms with Gasteiger partial charge in [-0.3, -0.25) is 4.79 Å². The first kappa shape index (κ1) is 18.1. The molecule has 0 aliphatic rings. The van der Waals surface area contributed by atoms with Crippen LogP contribution in [0.3, 0.4) is 0 Å². The van der Waals surface area contributed by atoms with Crippen molar-refractivity contribution in [2.75, 3.05) is 26.2 Å². The van der Waals surface area contributed by atoms with Gasteiger partial charge < -0.3 is 19.4 Å². The van der Waals surface area contributed by atoms with Crippen LogP contribution in [0.4, 0.5) is 0 Å². The highest BCUT2D eigenvalue weighted by molar-refractivity contribution is 5.91. The number of ether oxygens (including phenoxy) is 1. The fraction of sp³-hybridized carbons (Fsp3) is 0.421. The number of benzene rings is 1. The zero-order valence-corrected chi connectivity index (χ0v) is 14.7. The van der Waals surface area contributed by atoms with Crippen molar-refractivity contribution in [2.45, 2.75) is 27.4 Å². The van der Waals surface area contributed by atoms with Crippen LogP contribution in [0.2, 0.25) is 0 Å². The molecule has 0 unspecified atom stereocenters. The number of furan rings is 1. The second-order valence-corrected chi connectivity index (χ2v) is 5.65. The second-order valence-electron chi connectivity index (χ2n) is 5.65. The lowest BCUT2D eigenvalue weighted by Crippen LogP contribution is -2.34. The van der Waals surface area contributed by atoms with Crippen LogP contribution < -0.4 is 10.1 Å². The fourth-order valence-electron chi connectivity index (χ4n) is 2.39. The molecule has 2 aromatic rings. The van der Waals surface area contributed by atoms with Crippen LogP contribution in [0.25, 0.3) is 0 Å². The van der Waals surface area contributed by atoms with E-state index in [-0.39, 0.29) is 5.91 Å². The van der Waals surface area contributed by atoms with Gasteiger partial charge in [0, 0.05) is 13.1 Å². The predicted molar refractivity (Wildman–Crippen MR) is 94.3 cm³/mol. The van der Waals surface area contributed by atoms with Crippen molar-refractivity contribution in [3.05, 3.63) is 53.5 Å². The van der Waals surface area contributed by atoms with Gasteiger partial charge in [-0.05, 0) is 49.8 Å². The number of carbonyl (C=O) groups is 1. The Kier molecular flexibility index (Phi) is 6.88. The van der Waals surface area contributed by atoms with Crippen molar-refractivity contribution < 1.29 is 13.9 Å². The highest BCUT2D eigenvalue weighted by atomic mass is 16.5. The number of hydrogen-bond donors (Lipinski definition) is 1. The maximum Gasteiger partial charge on any atom is 0.287 e. The Balaban J connectivity index is 1.80. The van der Waals surface area contributed by atoms with E-state index >= 15 is 0 Å². The number of carbonyl (C=O) groups excluding carboxylic acids is 1. The minimum Gasteiger partial charge on any atom is -0.486 e. The van der Waals surface area contributed by atoms with E-state index in [1.165, 1.54) is 0 Å². The molecule has 5 nitrogen and oxygen atoms in total. The molecule has 0 aliphatic heterocycles. The summed E-state index contributed by atoms with van der Waals surface area (Å²) in [6.45, 7) is 9.94. The lowest BCUT2D eigenvalue weighted by molar-refractivity contribution is 0.0917. The fourth-order valence-corrected chi connectivity index (χ4v) is 2.39. The monoisotopic (exact) mass is 330 g/mol. The molecule has 24 heavy (non-hydrogen) atoms. The minimum atomic E-state index is -0.191. The van der Waals surface area contributed by atoms with Gasteiger partial charge in [-0.1, -0.05) is 26.0 Å². The normalized spacial score (nSPS) is 10.8. The summed E-state index contributed by atoms with van der Waals surface area (Å²) < 4.78 is 11.2. The average molecular weight is 330 g/mol. The average Bonchev–Trinajstić information content (AvgIpc) is 3.06. The van der Waals surface area contributed by atoms with E-state index in [2.05, 4.69) is 24.1 Å². The van der Waals surface area contributed by atoms with Crippen LogP contribution >= 0.6 is 0 Å². The van der Waals surface area contributed by atoms with Gasteiger partial charge >= 0.3 is 0 Å². The summed E-state index contributed by atoms with van der Waals surface area (Å²) in [6.07, 6.45) is 0. The quantitative estimate of drug-likeness (QED) is 0.767. The Labute approximate surface area is 143 Å². The maximum atomic E-state index is 12.1. The summed E-state index contributed by atoms with van der Waals surface area (Å²) in [5.41, 5.74) is 1.14. The Morgan fingerprint density at radius 3 is 2.71 bits per heavy atom. The van der Waals surface area contributed by atoms with Crippen LogP contribution in [0.15, 0.2) is 40.8 Å². The molecule has 0 fully saturated rings. The van der Waals surface area contributed by atoms with Crippen molar-refractivity contribution in [1.82, 2.24) is 10.2 Å². The lowest BCUT2D eigenvalue weighted by atomic mass is 10.2. The SMILES string of the molecule is CCN(CC)CCNC(=O)c1ccc(COc2cccc(C)c2)o1. The molecule has 0 spiro atoms. The molecule has 0 atom stereocenters. The molecule has 0 saturated carbocycles. The van der Waals surface area contributed by atoms with Gasteiger partial charge in [0.1, 0.15) is 18.1 Å². The first-order valence-corrected chi connectivity index (χ1v) is 8.41. The molecule has 1 aromatic carbocycles. The summed E-state index contributed by atoms with van der Waals surface area (Å²) in [7, 11) is 0. The molecule has 1 N–H and O–H groups in total. The van der Waals surface area contributed by atoms with E-state index in [4.69, 9.17) is 9.15 Å². The molecule has 130 valence electrons. The van der Waals surface area contributed by atoms with E-state index in [1.54, 1.807) is 12.1 Å². The number of nitrogens with zero attached hydrogens (tertiary/aromatic N) is 1. The third-order valence-corrected chi connectivity index (χ3v) is 3.86. The van der Waals surface area contributed by atoms with Crippen molar-refractivity contribution >= 4 is 5.91 Å². The van der Waals surface area contributed by atoms with Gasteiger partial charge in [0.25, 0.3) is 5.91 Å². The van der Waals surface area contributed by atoms with Gasteiger partial charge in [0.05, 0.1) is 0 Å². The minimum absolute atomic E-state index is 0.191. The standard InChI is InChI=1S/C19H26N2O3/c1-4-21(5-2)12-11-20-19(22)18-10-9-17(24-18)14-23-16-8-6-7-15(3)13-16/h6-10,13H,4-5,11-12,14H2,1-3H3,(H,20,22). The Morgan fingerprint density at radius 2 is 2.00 bits per heavy atom. The van der Waals surface area contributed by atoms with Gasteiger partial charge in [-0.15, -0.1) is 0 Å². The molecule has 1 heterocycles. The van der Waals surface area contributed by atoms with Crippen molar-refractivity contribution in [2.24, 2.45) is 0 Å². The number of rotatable bonds is 9. The van der Waals surface area contributed by atoms with Gasteiger partial charge in [0.2, 0.25) is 0 Å². The molecule has 2 rings (SSSR count). The summed E-state index contributed by atoms with van der Waals surface area (Å²) in [6, 6.07) is 11.3.